The predicted octanol–water partition coefficient (Wildman–Crippen LogP) is 2.15. The van der Waals surface area contributed by atoms with Gasteiger partial charge in [0.05, 0.1) is 0 Å². The van der Waals surface area contributed by atoms with Crippen LogP contribution >= 0.6 is 15.9 Å². The molecular formula is C13H16BrNO4. The number of carbonyl (C=O) groups is 2. The number of hydrogen-bond acceptors (Lipinski definition) is 3. The minimum Gasteiger partial charge on any atom is -0.484 e. The zero-order valence-electron chi connectivity index (χ0n) is 10.6. The summed E-state index contributed by atoms with van der Waals surface area (Å²) in [6, 6.07) is 7.19. The normalized spacial score (nSPS) is 10.0. The number of nitrogens with zero attached hydrogens (tertiary/aromatic N) is 1. The SMILES string of the molecule is CN(CCCC(=O)O)C(=O)COc1ccc(Br)cc1. The van der Waals surface area contributed by atoms with Gasteiger partial charge >= 0.3 is 5.97 Å². The fraction of sp³-hybridized carbons (Fsp3) is 0.385. The van der Waals surface area contributed by atoms with Crippen molar-refractivity contribution in [2.75, 3.05) is 20.2 Å². The maximum atomic E-state index is 11.7. The molecule has 104 valence electrons. The van der Waals surface area contributed by atoms with Crippen molar-refractivity contribution in [3.05, 3.63) is 28.7 Å². The van der Waals surface area contributed by atoms with E-state index in [0.717, 1.165) is 4.47 Å². The Morgan fingerprint density at radius 2 is 1.95 bits per heavy atom. The molecule has 0 aliphatic rings. The summed E-state index contributed by atoms with van der Waals surface area (Å²) in [5, 5.41) is 8.51. The number of halogens is 1. The lowest BCUT2D eigenvalue weighted by Crippen LogP contribution is -2.32. The van der Waals surface area contributed by atoms with Crippen LogP contribution in [-0.2, 0) is 9.59 Å². The summed E-state index contributed by atoms with van der Waals surface area (Å²) >= 11 is 3.31. The van der Waals surface area contributed by atoms with Crippen molar-refractivity contribution in [1.82, 2.24) is 4.90 Å². The van der Waals surface area contributed by atoms with E-state index < -0.39 is 5.97 Å². The van der Waals surface area contributed by atoms with Gasteiger partial charge < -0.3 is 14.7 Å². The topological polar surface area (TPSA) is 66.8 Å². The molecule has 0 atom stereocenters. The largest absolute Gasteiger partial charge is 0.484 e. The number of amides is 1. The summed E-state index contributed by atoms with van der Waals surface area (Å²) in [4.78, 5) is 23.5. The maximum absolute atomic E-state index is 11.7. The van der Waals surface area contributed by atoms with E-state index in [1.165, 1.54) is 4.90 Å². The lowest BCUT2D eigenvalue weighted by atomic mass is 10.3. The van der Waals surface area contributed by atoms with Gasteiger partial charge in [-0.15, -0.1) is 0 Å². The Labute approximate surface area is 120 Å². The summed E-state index contributed by atoms with van der Waals surface area (Å²) < 4.78 is 6.28. The van der Waals surface area contributed by atoms with Crippen LogP contribution in [0.1, 0.15) is 12.8 Å². The van der Waals surface area contributed by atoms with Crippen LogP contribution in [0.2, 0.25) is 0 Å². The van der Waals surface area contributed by atoms with Gasteiger partial charge in [0.15, 0.2) is 6.61 Å². The number of hydrogen-bond donors (Lipinski definition) is 1. The molecule has 5 nitrogen and oxygen atoms in total. The van der Waals surface area contributed by atoms with E-state index in [-0.39, 0.29) is 18.9 Å². The van der Waals surface area contributed by atoms with Gasteiger partial charge in [0.1, 0.15) is 5.75 Å². The van der Waals surface area contributed by atoms with Gasteiger partial charge in [0.2, 0.25) is 0 Å². The fourth-order valence-electron chi connectivity index (χ4n) is 1.38. The van der Waals surface area contributed by atoms with E-state index in [2.05, 4.69) is 15.9 Å². The minimum atomic E-state index is -0.855. The lowest BCUT2D eigenvalue weighted by molar-refractivity contribution is -0.138. The zero-order chi connectivity index (χ0) is 14.3. The second-order valence-electron chi connectivity index (χ2n) is 4.06. The van der Waals surface area contributed by atoms with Gasteiger partial charge in [0, 0.05) is 24.5 Å². The van der Waals surface area contributed by atoms with Crippen molar-refractivity contribution in [2.45, 2.75) is 12.8 Å². The third kappa shape index (κ3) is 6.24. The maximum Gasteiger partial charge on any atom is 0.303 e. The fourth-order valence-corrected chi connectivity index (χ4v) is 1.64. The number of rotatable bonds is 7. The van der Waals surface area contributed by atoms with Crippen molar-refractivity contribution in [3.8, 4) is 5.75 Å². The molecule has 0 aliphatic heterocycles. The first-order chi connectivity index (χ1) is 8.99. The molecule has 19 heavy (non-hydrogen) atoms. The summed E-state index contributed by atoms with van der Waals surface area (Å²) in [7, 11) is 1.63. The third-order valence-electron chi connectivity index (χ3n) is 2.49. The molecule has 1 aromatic carbocycles. The van der Waals surface area contributed by atoms with Crippen molar-refractivity contribution < 1.29 is 19.4 Å². The van der Waals surface area contributed by atoms with Gasteiger partial charge in [0.25, 0.3) is 5.91 Å². The first-order valence-corrected chi connectivity index (χ1v) is 6.62. The van der Waals surface area contributed by atoms with E-state index in [0.29, 0.717) is 18.7 Å². The van der Waals surface area contributed by atoms with Gasteiger partial charge in [-0.25, -0.2) is 0 Å². The molecule has 0 radical (unpaired) electrons. The summed E-state index contributed by atoms with van der Waals surface area (Å²) in [6.45, 7) is 0.361. The quantitative estimate of drug-likeness (QED) is 0.832. The molecule has 1 amide bonds. The number of benzene rings is 1. The highest BCUT2D eigenvalue weighted by Gasteiger charge is 2.10. The van der Waals surface area contributed by atoms with E-state index in [9.17, 15) is 9.59 Å². The second-order valence-corrected chi connectivity index (χ2v) is 4.97. The van der Waals surface area contributed by atoms with Crippen molar-refractivity contribution in [3.63, 3.8) is 0 Å². The molecule has 1 aromatic rings. The molecule has 0 aromatic heterocycles. The third-order valence-corrected chi connectivity index (χ3v) is 3.01. The monoisotopic (exact) mass is 329 g/mol. The number of ether oxygens (including phenoxy) is 1. The summed E-state index contributed by atoms with van der Waals surface area (Å²) in [6.07, 6.45) is 0.501. The Morgan fingerprint density at radius 3 is 2.53 bits per heavy atom. The van der Waals surface area contributed by atoms with Crippen LogP contribution in [-0.4, -0.2) is 42.1 Å². The summed E-state index contributed by atoms with van der Waals surface area (Å²) in [5.41, 5.74) is 0. The van der Waals surface area contributed by atoms with E-state index in [1.807, 2.05) is 12.1 Å². The van der Waals surface area contributed by atoms with Crippen LogP contribution in [0.5, 0.6) is 5.75 Å². The van der Waals surface area contributed by atoms with Gasteiger partial charge in [-0.2, -0.15) is 0 Å². The number of aliphatic carboxylic acids is 1. The Bertz CT molecular complexity index is 433. The number of likely N-dealkylation sites (N-methyl/N-ethyl adjacent to an activating group) is 1. The highest BCUT2D eigenvalue weighted by atomic mass is 79.9. The molecule has 0 saturated heterocycles. The standard InChI is InChI=1S/C13H16BrNO4/c1-15(8-2-3-13(17)18)12(16)9-19-11-6-4-10(14)5-7-11/h4-7H,2-3,8-9H2,1H3,(H,17,18). The highest BCUT2D eigenvalue weighted by molar-refractivity contribution is 9.10. The molecular weight excluding hydrogens is 314 g/mol. The van der Waals surface area contributed by atoms with Crippen molar-refractivity contribution >= 4 is 27.8 Å². The molecule has 0 fully saturated rings. The molecule has 0 bridgehead atoms. The molecule has 1 rings (SSSR count). The number of carbonyl (C=O) groups excluding carboxylic acids is 1. The molecule has 0 saturated carbocycles. The zero-order valence-corrected chi connectivity index (χ0v) is 12.2. The van der Waals surface area contributed by atoms with E-state index >= 15 is 0 Å². The first-order valence-electron chi connectivity index (χ1n) is 5.83. The van der Waals surface area contributed by atoms with Crippen LogP contribution in [0.3, 0.4) is 0 Å². The average Bonchev–Trinajstić information content (AvgIpc) is 2.37. The molecule has 0 aliphatic carbocycles. The molecule has 6 heteroatoms. The molecule has 1 N–H and O–H groups in total. The lowest BCUT2D eigenvalue weighted by Gasteiger charge is -2.16. The molecule has 0 heterocycles. The Kier molecular flexibility index (Phi) is 6.35. The van der Waals surface area contributed by atoms with Crippen LogP contribution in [0.4, 0.5) is 0 Å². The van der Waals surface area contributed by atoms with Gasteiger partial charge in [-0.3, -0.25) is 9.59 Å². The van der Waals surface area contributed by atoms with E-state index in [4.69, 9.17) is 9.84 Å². The van der Waals surface area contributed by atoms with E-state index in [1.54, 1.807) is 19.2 Å². The smallest absolute Gasteiger partial charge is 0.303 e. The van der Waals surface area contributed by atoms with Crippen LogP contribution in [0, 0.1) is 0 Å². The second kappa shape index (κ2) is 7.78. The van der Waals surface area contributed by atoms with Crippen molar-refractivity contribution in [2.24, 2.45) is 0 Å². The number of carboxylic acids is 1. The summed E-state index contributed by atoms with van der Waals surface area (Å²) in [5.74, 6) is -0.407. The van der Waals surface area contributed by atoms with Gasteiger partial charge in [-0.05, 0) is 30.7 Å². The molecule has 0 spiro atoms. The van der Waals surface area contributed by atoms with Crippen LogP contribution in [0.25, 0.3) is 0 Å². The Morgan fingerprint density at radius 1 is 1.32 bits per heavy atom. The average molecular weight is 330 g/mol. The minimum absolute atomic E-state index is 0.0504. The van der Waals surface area contributed by atoms with Gasteiger partial charge in [-0.1, -0.05) is 15.9 Å². The van der Waals surface area contributed by atoms with Crippen LogP contribution in [0.15, 0.2) is 28.7 Å². The van der Waals surface area contributed by atoms with Crippen molar-refractivity contribution in [1.29, 1.82) is 0 Å². The Balaban J connectivity index is 2.30. The highest BCUT2D eigenvalue weighted by Crippen LogP contribution is 2.15. The predicted molar refractivity (Wildman–Crippen MR) is 74.1 cm³/mol. The first kappa shape index (κ1) is 15.5. The van der Waals surface area contributed by atoms with Crippen LogP contribution < -0.4 is 4.74 Å². The Hall–Kier alpha value is -1.56. The molecule has 0 unspecified atom stereocenters. The number of carboxylic acid groups (broad SMARTS) is 1.